The summed E-state index contributed by atoms with van der Waals surface area (Å²) in [4.78, 5) is 13.7. The van der Waals surface area contributed by atoms with E-state index in [1.165, 1.54) is 12.1 Å². The monoisotopic (exact) mass is 254 g/mol. The van der Waals surface area contributed by atoms with Gasteiger partial charge in [-0.15, -0.1) is 0 Å². The molecule has 0 radical (unpaired) electrons. The highest BCUT2D eigenvalue weighted by Crippen LogP contribution is 2.19. The minimum Gasteiger partial charge on any atom is -0.338 e. The molecular weight excluding hydrogens is 238 g/mol. The minimum absolute atomic E-state index is 0.0362. The van der Waals surface area contributed by atoms with Gasteiger partial charge in [-0.05, 0) is 18.9 Å². The van der Waals surface area contributed by atoms with E-state index in [0.29, 0.717) is 13.1 Å². The van der Waals surface area contributed by atoms with E-state index in [9.17, 15) is 13.6 Å². The van der Waals surface area contributed by atoms with Crippen LogP contribution in [0.25, 0.3) is 0 Å². The molecule has 0 bridgehead atoms. The van der Waals surface area contributed by atoms with Crippen molar-refractivity contribution < 1.29 is 13.6 Å². The molecule has 1 atom stereocenters. The van der Waals surface area contributed by atoms with Gasteiger partial charge in [0.2, 0.25) is 5.91 Å². The first kappa shape index (κ1) is 13.0. The van der Waals surface area contributed by atoms with Gasteiger partial charge in [0.25, 0.3) is 0 Å². The Morgan fingerprint density at radius 1 is 1.44 bits per heavy atom. The Kier molecular flexibility index (Phi) is 3.91. The fourth-order valence-corrected chi connectivity index (χ4v) is 2.36. The fraction of sp³-hybridized carbons (Fsp3) is 0.462. The maximum Gasteiger partial charge on any atom is 0.227 e. The van der Waals surface area contributed by atoms with Crippen molar-refractivity contribution in [3.05, 3.63) is 35.4 Å². The van der Waals surface area contributed by atoms with Crippen LogP contribution in [0.2, 0.25) is 0 Å². The summed E-state index contributed by atoms with van der Waals surface area (Å²) >= 11 is 0. The highest BCUT2D eigenvalue weighted by atomic mass is 19.2. The van der Waals surface area contributed by atoms with Crippen molar-refractivity contribution in [1.29, 1.82) is 0 Å². The van der Waals surface area contributed by atoms with Gasteiger partial charge in [0, 0.05) is 24.7 Å². The smallest absolute Gasteiger partial charge is 0.227 e. The highest BCUT2D eigenvalue weighted by Gasteiger charge is 2.28. The summed E-state index contributed by atoms with van der Waals surface area (Å²) in [7, 11) is 0. The topological polar surface area (TPSA) is 46.3 Å². The number of carbonyl (C=O) groups is 1. The molecule has 0 aromatic heterocycles. The van der Waals surface area contributed by atoms with Crippen LogP contribution in [0.5, 0.6) is 0 Å². The fourth-order valence-electron chi connectivity index (χ4n) is 2.36. The van der Waals surface area contributed by atoms with Crippen molar-refractivity contribution in [2.75, 3.05) is 13.1 Å². The molecule has 98 valence electrons. The summed E-state index contributed by atoms with van der Waals surface area (Å²) in [6, 6.07) is 3.92. The van der Waals surface area contributed by atoms with Crippen molar-refractivity contribution >= 4 is 5.91 Å². The predicted octanol–water partition coefficient (Wildman–Crippen LogP) is 1.46. The average molecular weight is 254 g/mol. The molecule has 1 fully saturated rings. The van der Waals surface area contributed by atoms with E-state index in [1.807, 2.05) is 0 Å². The molecule has 1 saturated heterocycles. The molecule has 1 aromatic rings. The second-order valence-electron chi connectivity index (χ2n) is 4.51. The van der Waals surface area contributed by atoms with Crippen molar-refractivity contribution in [2.24, 2.45) is 5.73 Å². The summed E-state index contributed by atoms with van der Waals surface area (Å²) in [5.74, 6) is -2.04. The maximum absolute atomic E-state index is 13.5. The third kappa shape index (κ3) is 2.51. The van der Waals surface area contributed by atoms with E-state index in [2.05, 4.69) is 0 Å². The normalized spacial score (nSPS) is 19.3. The Bertz CT molecular complexity index is 451. The third-order valence-corrected chi connectivity index (χ3v) is 3.34. The molecule has 3 nitrogen and oxygen atoms in total. The number of amides is 1. The van der Waals surface area contributed by atoms with Gasteiger partial charge in [0.1, 0.15) is 0 Å². The summed E-state index contributed by atoms with van der Waals surface area (Å²) < 4.78 is 26.5. The Labute approximate surface area is 105 Å². The van der Waals surface area contributed by atoms with Crippen LogP contribution in [0.4, 0.5) is 8.78 Å². The van der Waals surface area contributed by atoms with Gasteiger partial charge in [-0.2, -0.15) is 0 Å². The lowest BCUT2D eigenvalue weighted by molar-refractivity contribution is -0.131. The maximum atomic E-state index is 13.5. The minimum atomic E-state index is -0.936. The summed E-state index contributed by atoms with van der Waals surface area (Å²) in [5.41, 5.74) is 5.68. The van der Waals surface area contributed by atoms with Crippen LogP contribution >= 0.6 is 0 Å². The lowest BCUT2D eigenvalue weighted by Crippen LogP contribution is -2.40. The third-order valence-electron chi connectivity index (χ3n) is 3.34. The van der Waals surface area contributed by atoms with Crippen LogP contribution in [-0.4, -0.2) is 29.9 Å². The number of nitrogens with zero attached hydrogens (tertiary/aromatic N) is 1. The SMILES string of the molecule is NC[C@H]1CCCN1C(=O)Cc1cccc(F)c1F. The zero-order chi connectivity index (χ0) is 13.1. The van der Waals surface area contributed by atoms with E-state index >= 15 is 0 Å². The van der Waals surface area contributed by atoms with Gasteiger partial charge in [-0.1, -0.05) is 12.1 Å². The van der Waals surface area contributed by atoms with E-state index in [4.69, 9.17) is 5.73 Å². The second kappa shape index (κ2) is 5.44. The van der Waals surface area contributed by atoms with Crippen LogP contribution in [0, 0.1) is 11.6 Å². The zero-order valence-corrected chi connectivity index (χ0v) is 10.0. The Morgan fingerprint density at radius 2 is 2.22 bits per heavy atom. The van der Waals surface area contributed by atoms with Crippen LogP contribution in [0.1, 0.15) is 18.4 Å². The first-order valence-electron chi connectivity index (χ1n) is 6.06. The number of nitrogens with two attached hydrogens (primary N) is 1. The Morgan fingerprint density at radius 3 is 2.94 bits per heavy atom. The highest BCUT2D eigenvalue weighted by molar-refractivity contribution is 5.79. The molecule has 2 N–H and O–H groups in total. The molecule has 0 aliphatic carbocycles. The molecule has 0 spiro atoms. The molecular formula is C13H16F2N2O. The number of likely N-dealkylation sites (tertiary alicyclic amines) is 1. The van der Waals surface area contributed by atoms with Gasteiger partial charge in [-0.25, -0.2) is 8.78 Å². The van der Waals surface area contributed by atoms with Crippen molar-refractivity contribution in [1.82, 2.24) is 4.90 Å². The summed E-state index contributed by atoms with van der Waals surface area (Å²) in [6.45, 7) is 1.06. The standard InChI is InChI=1S/C13H16F2N2O/c14-11-5-1-3-9(13(11)15)7-12(18)17-6-2-4-10(17)8-16/h1,3,5,10H,2,4,6-8,16H2/t10-/m1/s1. The first-order valence-corrected chi connectivity index (χ1v) is 6.06. The van der Waals surface area contributed by atoms with Gasteiger partial charge < -0.3 is 10.6 Å². The van der Waals surface area contributed by atoms with Crippen LogP contribution in [0.15, 0.2) is 18.2 Å². The number of carbonyl (C=O) groups excluding carboxylic acids is 1. The van der Waals surface area contributed by atoms with Gasteiger partial charge >= 0.3 is 0 Å². The Hall–Kier alpha value is -1.49. The van der Waals surface area contributed by atoms with Crippen LogP contribution in [-0.2, 0) is 11.2 Å². The molecule has 1 heterocycles. The van der Waals surface area contributed by atoms with Crippen molar-refractivity contribution in [2.45, 2.75) is 25.3 Å². The number of halogens is 2. The van der Waals surface area contributed by atoms with Crippen molar-refractivity contribution in [3.8, 4) is 0 Å². The number of benzene rings is 1. The second-order valence-corrected chi connectivity index (χ2v) is 4.51. The molecule has 18 heavy (non-hydrogen) atoms. The van der Waals surface area contributed by atoms with E-state index in [1.54, 1.807) is 4.90 Å². The molecule has 1 aromatic carbocycles. The lowest BCUT2D eigenvalue weighted by Gasteiger charge is -2.23. The van der Waals surface area contributed by atoms with Gasteiger partial charge in [0.05, 0.1) is 6.42 Å². The first-order chi connectivity index (χ1) is 8.63. The van der Waals surface area contributed by atoms with Crippen LogP contribution < -0.4 is 5.73 Å². The molecule has 0 saturated carbocycles. The average Bonchev–Trinajstić information content (AvgIpc) is 2.83. The summed E-state index contributed by atoms with van der Waals surface area (Å²) in [5, 5.41) is 0. The number of rotatable bonds is 3. The van der Waals surface area contributed by atoms with Gasteiger partial charge in [-0.3, -0.25) is 4.79 Å². The molecule has 5 heteroatoms. The van der Waals surface area contributed by atoms with E-state index in [-0.39, 0.29) is 23.9 Å². The largest absolute Gasteiger partial charge is 0.338 e. The van der Waals surface area contributed by atoms with Gasteiger partial charge in [0.15, 0.2) is 11.6 Å². The predicted molar refractivity (Wildman–Crippen MR) is 63.9 cm³/mol. The number of hydrogen-bond acceptors (Lipinski definition) is 2. The number of hydrogen-bond donors (Lipinski definition) is 1. The molecule has 1 amide bonds. The zero-order valence-electron chi connectivity index (χ0n) is 10.0. The van der Waals surface area contributed by atoms with E-state index < -0.39 is 11.6 Å². The molecule has 1 aliphatic rings. The summed E-state index contributed by atoms with van der Waals surface area (Å²) in [6.07, 6.45) is 1.69. The molecule has 1 aliphatic heterocycles. The lowest BCUT2D eigenvalue weighted by atomic mass is 10.1. The quantitative estimate of drug-likeness (QED) is 0.887. The Balaban J connectivity index is 2.09. The molecule has 0 unspecified atom stereocenters. The van der Waals surface area contributed by atoms with Crippen LogP contribution in [0.3, 0.4) is 0 Å². The van der Waals surface area contributed by atoms with Crippen molar-refractivity contribution in [3.63, 3.8) is 0 Å². The molecule has 2 rings (SSSR count). The van der Waals surface area contributed by atoms with E-state index in [0.717, 1.165) is 18.9 Å².